The van der Waals surface area contributed by atoms with Gasteiger partial charge in [0.05, 0.1) is 0 Å². The molecule has 1 heteroatoms. The number of hydrogen-bond acceptors (Lipinski definition) is 1. The topological polar surface area (TPSA) is 12.0 Å². The molecule has 0 amide bonds. The first-order valence-electron chi connectivity index (χ1n) is 5.47. The van der Waals surface area contributed by atoms with Crippen LogP contribution in [0.4, 0.5) is 0 Å². The maximum absolute atomic E-state index is 3.22. The average molecular weight is 199 g/mol. The third kappa shape index (κ3) is 2.37. The van der Waals surface area contributed by atoms with Crippen LogP contribution >= 0.6 is 0 Å². The Balaban J connectivity index is 2.26. The van der Waals surface area contributed by atoms with E-state index in [2.05, 4.69) is 53.9 Å². The van der Waals surface area contributed by atoms with Crippen LogP contribution in [0.1, 0.15) is 23.5 Å². The second kappa shape index (κ2) is 4.94. The molecule has 0 saturated carbocycles. The number of rotatable bonds is 3. The molecular formula is C14H17N. The third-order valence-corrected chi connectivity index (χ3v) is 2.80. The Morgan fingerprint density at radius 1 is 1.27 bits per heavy atom. The summed E-state index contributed by atoms with van der Waals surface area (Å²) in [5.41, 5.74) is 2.86. The van der Waals surface area contributed by atoms with E-state index in [-0.39, 0.29) is 0 Å². The van der Waals surface area contributed by atoms with Gasteiger partial charge in [-0.1, -0.05) is 48.6 Å². The molecule has 1 atom stereocenters. The zero-order valence-electron chi connectivity index (χ0n) is 9.11. The van der Waals surface area contributed by atoms with Crippen LogP contribution < -0.4 is 5.32 Å². The summed E-state index contributed by atoms with van der Waals surface area (Å²) >= 11 is 0. The highest BCUT2D eigenvalue weighted by Crippen LogP contribution is 2.27. The van der Waals surface area contributed by atoms with Crippen LogP contribution in [0.15, 0.2) is 48.6 Å². The van der Waals surface area contributed by atoms with Crippen molar-refractivity contribution in [3.63, 3.8) is 0 Å². The van der Waals surface area contributed by atoms with Crippen LogP contribution in [0.5, 0.6) is 0 Å². The standard InChI is InChI=1S/C14H17N/c1-15-11-13-9-5-6-10-14(13)12-7-3-2-4-8-12/h2-7,9-10,12,15H,8,11H2,1H3. The van der Waals surface area contributed by atoms with Crippen LogP contribution in [0.3, 0.4) is 0 Å². The van der Waals surface area contributed by atoms with E-state index in [1.807, 2.05) is 7.05 Å². The lowest BCUT2D eigenvalue weighted by Crippen LogP contribution is -2.09. The fourth-order valence-corrected chi connectivity index (χ4v) is 2.06. The van der Waals surface area contributed by atoms with Crippen LogP contribution in [-0.4, -0.2) is 7.05 Å². The minimum absolute atomic E-state index is 0.555. The predicted octanol–water partition coefficient (Wildman–Crippen LogP) is 3.01. The number of nitrogens with one attached hydrogen (secondary N) is 1. The quantitative estimate of drug-likeness (QED) is 0.789. The Labute approximate surface area is 91.5 Å². The SMILES string of the molecule is CNCc1ccccc1C1C=CC=CC1. The summed E-state index contributed by atoms with van der Waals surface area (Å²) in [5, 5.41) is 3.22. The summed E-state index contributed by atoms with van der Waals surface area (Å²) < 4.78 is 0. The molecule has 1 unspecified atom stereocenters. The van der Waals surface area contributed by atoms with E-state index >= 15 is 0 Å². The summed E-state index contributed by atoms with van der Waals surface area (Å²) in [6.07, 6.45) is 9.91. The minimum Gasteiger partial charge on any atom is -0.316 e. The summed E-state index contributed by atoms with van der Waals surface area (Å²) in [5.74, 6) is 0.555. The number of benzene rings is 1. The molecule has 1 aliphatic rings. The van der Waals surface area contributed by atoms with Crippen molar-refractivity contribution in [2.24, 2.45) is 0 Å². The van der Waals surface area contributed by atoms with Gasteiger partial charge in [-0.15, -0.1) is 0 Å². The van der Waals surface area contributed by atoms with Crippen molar-refractivity contribution in [3.05, 3.63) is 59.7 Å². The smallest absolute Gasteiger partial charge is 0.0205 e. The summed E-state index contributed by atoms with van der Waals surface area (Å²) in [6.45, 7) is 0.949. The van der Waals surface area contributed by atoms with Crippen molar-refractivity contribution in [2.45, 2.75) is 18.9 Å². The Kier molecular flexibility index (Phi) is 3.36. The van der Waals surface area contributed by atoms with Gasteiger partial charge in [0.25, 0.3) is 0 Å². The molecule has 0 bridgehead atoms. The van der Waals surface area contributed by atoms with Crippen LogP contribution in [-0.2, 0) is 6.54 Å². The molecule has 0 aliphatic heterocycles. The second-order valence-electron chi connectivity index (χ2n) is 3.88. The molecular weight excluding hydrogens is 182 g/mol. The maximum Gasteiger partial charge on any atom is 0.0205 e. The molecule has 0 aromatic heterocycles. The summed E-state index contributed by atoms with van der Waals surface area (Å²) in [7, 11) is 1.99. The van der Waals surface area contributed by atoms with Gasteiger partial charge in [-0.05, 0) is 24.6 Å². The largest absolute Gasteiger partial charge is 0.316 e. The molecule has 78 valence electrons. The van der Waals surface area contributed by atoms with E-state index in [1.165, 1.54) is 11.1 Å². The monoisotopic (exact) mass is 199 g/mol. The third-order valence-electron chi connectivity index (χ3n) is 2.80. The van der Waals surface area contributed by atoms with Gasteiger partial charge in [0.15, 0.2) is 0 Å². The minimum atomic E-state index is 0.555. The maximum atomic E-state index is 3.22. The molecule has 2 rings (SSSR count). The Morgan fingerprint density at radius 2 is 2.13 bits per heavy atom. The zero-order chi connectivity index (χ0) is 10.5. The molecule has 0 fully saturated rings. The first kappa shape index (κ1) is 10.2. The molecule has 15 heavy (non-hydrogen) atoms. The van der Waals surface area contributed by atoms with Crippen LogP contribution in [0, 0.1) is 0 Å². The van der Waals surface area contributed by atoms with Crippen molar-refractivity contribution in [1.82, 2.24) is 5.32 Å². The van der Waals surface area contributed by atoms with E-state index in [4.69, 9.17) is 0 Å². The van der Waals surface area contributed by atoms with Gasteiger partial charge in [0.1, 0.15) is 0 Å². The summed E-state index contributed by atoms with van der Waals surface area (Å²) in [4.78, 5) is 0. The van der Waals surface area contributed by atoms with E-state index in [9.17, 15) is 0 Å². The molecule has 1 aliphatic carbocycles. The van der Waals surface area contributed by atoms with E-state index in [0.717, 1.165) is 13.0 Å². The Hall–Kier alpha value is -1.34. The Bertz CT molecular complexity index is 377. The van der Waals surface area contributed by atoms with Crippen molar-refractivity contribution in [3.8, 4) is 0 Å². The highest BCUT2D eigenvalue weighted by atomic mass is 14.8. The van der Waals surface area contributed by atoms with Crippen molar-refractivity contribution in [1.29, 1.82) is 0 Å². The van der Waals surface area contributed by atoms with Gasteiger partial charge >= 0.3 is 0 Å². The fourth-order valence-electron chi connectivity index (χ4n) is 2.06. The second-order valence-corrected chi connectivity index (χ2v) is 3.88. The van der Waals surface area contributed by atoms with E-state index in [1.54, 1.807) is 0 Å². The molecule has 0 saturated heterocycles. The molecule has 0 heterocycles. The lowest BCUT2D eigenvalue weighted by Gasteiger charge is -2.17. The van der Waals surface area contributed by atoms with Gasteiger partial charge in [0, 0.05) is 12.5 Å². The predicted molar refractivity (Wildman–Crippen MR) is 64.8 cm³/mol. The fraction of sp³-hybridized carbons (Fsp3) is 0.286. The van der Waals surface area contributed by atoms with Crippen LogP contribution in [0.25, 0.3) is 0 Å². The molecule has 1 nitrogen and oxygen atoms in total. The van der Waals surface area contributed by atoms with E-state index in [0.29, 0.717) is 5.92 Å². The molecule has 1 aromatic rings. The highest BCUT2D eigenvalue weighted by molar-refractivity contribution is 5.35. The molecule has 0 spiro atoms. The molecule has 0 radical (unpaired) electrons. The lowest BCUT2D eigenvalue weighted by molar-refractivity contribution is 0.774. The van der Waals surface area contributed by atoms with Crippen molar-refractivity contribution >= 4 is 0 Å². The van der Waals surface area contributed by atoms with Gasteiger partial charge in [-0.2, -0.15) is 0 Å². The van der Waals surface area contributed by atoms with Crippen LogP contribution in [0.2, 0.25) is 0 Å². The Morgan fingerprint density at radius 3 is 2.87 bits per heavy atom. The number of hydrogen-bond donors (Lipinski definition) is 1. The first-order valence-corrected chi connectivity index (χ1v) is 5.47. The zero-order valence-corrected chi connectivity index (χ0v) is 9.11. The summed E-state index contributed by atoms with van der Waals surface area (Å²) in [6, 6.07) is 8.68. The van der Waals surface area contributed by atoms with Gasteiger partial charge in [0.2, 0.25) is 0 Å². The van der Waals surface area contributed by atoms with Gasteiger partial charge in [-0.25, -0.2) is 0 Å². The van der Waals surface area contributed by atoms with Crippen molar-refractivity contribution in [2.75, 3.05) is 7.05 Å². The normalized spacial score (nSPS) is 19.4. The molecule has 1 N–H and O–H groups in total. The van der Waals surface area contributed by atoms with E-state index < -0.39 is 0 Å². The highest BCUT2D eigenvalue weighted by Gasteiger charge is 2.11. The van der Waals surface area contributed by atoms with Gasteiger partial charge in [-0.3, -0.25) is 0 Å². The number of allylic oxidation sites excluding steroid dienone is 4. The first-order chi connectivity index (χ1) is 7.42. The van der Waals surface area contributed by atoms with Crippen molar-refractivity contribution < 1.29 is 0 Å². The molecule has 1 aromatic carbocycles. The average Bonchev–Trinajstić information content (AvgIpc) is 2.31. The van der Waals surface area contributed by atoms with Gasteiger partial charge < -0.3 is 5.32 Å². The lowest BCUT2D eigenvalue weighted by atomic mass is 9.89.